The van der Waals surface area contributed by atoms with E-state index in [-0.39, 0.29) is 5.91 Å². The molecule has 0 unspecified atom stereocenters. The number of rotatable bonds is 9. The number of carbonyl (C=O) groups is 1. The summed E-state index contributed by atoms with van der Waals surface area (Å²) in [6.07, 6.45) is 3.04. The molecule has 0 saturated carbocycles. The number of hydrogen-bond acceptors (Lipinski definition) is 3. The van der Waals surface area contributed by atoms with E-state index in [1.165, 1.54) is 0 Å². The fourth-order valence-corrected chi connectivity index (χ4v) is 1.92. The zero-order chi connectivity index (χ0) is 16.6. The standard InChI is InChI=1S/C18H29NO3/c1-6-8-12-21-16-10-9-15(13-14(16)3)19-17(20)18(4,5)22-11-7-2/h9-10,13H,6-8,11-12H2,1-5H3,(H,19,20). The van der Waals surface area contributed by atoms with Gasteiger partial charge >= 0.3 is 0 Å². The second kappa shape index (κ2) is 8.79. The van der Waals surface area contributed by atoms with Crippen molar-refractivity contribution in [2.75, 3.05) is 18.5 Å². The Morgan fingerprint density at radius 1 is 1.18 bits per heavy atom. The van der Waals surface area contributed by atoms with Crippen molar-refractivity contribution in [2.24, 2.45) is 0 Å². The predicted octanol–water partition coefficient (Wildman–Crippen LogP) is 4.32. The van der Waals surface area contributed by atoms with Gasteiger partial charge in [0.15, 0.2) is 0 Å². The molecule has 0 aliphatic rings. The van der Waals surface area contributed by atoms with Gasteiger partial charge in [-0.3, -0.25) is 4.79 Å². The Balaban J connectivity index is 2.66. The van der Waals surface area contributed by atoms with E-state index < -0.39 is 5.60 Å². The molecule has 22 heavy (non-hydrogen) atoms. The fourth-order valence-electron chi connectivity index (χ4n) is 1.92. The van der Waals surface area contributed by atoms with E-state index >= 15 is 0 Å². The van der Waals surface area contributed by atoms with Gasteiger partial charge in [-0.2, -0.15) is 0 Å². The molecule has 0 aliphatic carbocycles. The van der Waals surface area contributed by atoms with Crippen LogP contribution in [0.25, 0.3) is 0 Å². The molecule has 124 valence electrons. The second-order valence-electron chi connectivity index (χ2n) is 6.00. The number of anilines is 1. The van der Waals surface area contributed by atoms with Crippen molar-refractivity contribution in [1.82, 2.24) is 0 Å². The number of nitrogens with one attached hydrogen (secondary N) is 1. The maximum absolute atomic E-state index is 12.3. The van der Waals surface area contributed by atoms with Gasteiger partial charge in [0.2, 0.25) is 0 Å². The minimum atomic E-state index is -0.833. The summed E-state index contributed by atoms with van der Waals surface area (Å²) in [5, 5.41) is 2.91. The Morgan fingerprint density at radius 2 is 1.91 bits per heavy atom. The van der Waals surface area contributed by atoms with E-state index in [1.54, 1.807) is 13.8 Å². The van der Waals surface area contributed by atoms with Crippen LogP contribution in [0.5, 0.6) is 5.75 Å². The van der Waals surface area contributed by atoms with Crippen LogP contribution in [0.1, 0.15) is 52.5 Å². The zero-order valence-electron chi connectivity index (χ0n) is 14.5. The highest BCUT2D eigenvalue weighted by Gasteiger charge is 2.28. The lowest BCUT2D eigenvalue weighted by Crippen LogP contribution is -2.40. The molecular weight excluding hydrogens is 278 g/mol. The van der Waals surface area contributed by atoms with Crippen molar-refractivity contribution in [1.29, 1.82) is 0 Å². The highest BCUT2D eigenvalue weighted by molar-refractivity contribution is 5.96. The number of amides is 1. The highest BCUT2D eigenvalue weighted by atomic mass is 16.5. The Labute approximate surface area is 134 Å². The summed E-state index contributed by atoms with van der Waals surface area (Å²) in [6.45, 7) is 11.0. The maximum Gasteiger partial charge on any atom is 0.256 e. The molecule has 0 heterocycles. The van der Waals surface area contributed by atoms with Crippen LogP contribution in [0.3, 0.4) is 0 Å². The van der Waals surface area contributed by atoms with Crippen LogP contribution in [0.4, 0.5) is 5.69 Å². The minimum Gasteiger partial charge on any atom is -0.493 e. The van der Waals surface area contributed by atoms with Crippen molar-refractivity contribution in [3.05, 3.63) is 23.8 Å². The lowest BCUT2D eigenvalue weighted by atomic mass is 10.1. The molecule has 4 nitrogen and oxygen atoms in total. The van der Waals surface area contributed by atoms with Crippen molar-refractivity contribution >= 4 is 11.6 Å². The predicted molar refractivity (Wildman–Crippen MR) is 90.5 cm³/mol. The first-order valence-electron chi connectivity index (χ1n) is 8.09. The smallest absolute Gasteiger partial charge is 0.256 e. The molecule has 0 atom stereocenters. The number of benzene rings is 1. The molecule has 4 heteroatoms. The van der Waals surface area contributed by atoms with Gasteiger partial charge in [0, 0.05) is 12.3 Å². The monoisotopic (exact) mass is 307 g/mol. The van der Waals surface area contributed by atoms with E-state index in [1.807, 2.05) is 32.0 Å². The van der Waals surface area contributed by atoms with Gasteiger partial charge in [-0.05, 0) is 57.4 Å². The van der Waals surface area contributed by atoms with Gasteiger partial charge in [0.25, 0.3) is 5.91 Å². The van der Waals surface area contributed by atoms with Gasteiger partial charge < -0.3 is 14.8 Å². The van der Waals surface area contributed by atoms with E-state index in [2.05, 4.69) is 12.2 Å². The van der Waals surface area contributed by atoms with Crippen LogP contribution in [-0.4, -0.2) is 24.7 Å². The van der Waals surface area contributed by atoms with E-state index in [4.69, 9.17) is 9.47 Å². The lowest BCUT2D eigenvalue weighted by molar-refractivity contribution is -0.137. The number of aryl methyl sites for hydroxylation is 1. The van der Waals surface area contributed by atoms with Crippen LogP contribution in [-0.2, 0) is 9.53 Å². The zero-order valence-corrected chi connectivity index (χ0v) is 14.5. The van der Waals surface area contributed by atoms with Gasteiger partial charge in [-0.15, -0.1) is 0 Å². The van der Waals surface area contributed by atoms with Gasteiger partial charge in [0.05, 0.1) is 6.61 Å². The Kier molecular flexibility index (Phi) is 7.39. The molecule has 0 fully saturated rings. The lowest BCUT2D eigenvalue weighted by Gasteiger charge is -2.24. The minimum absolute atomic E-state index is 0.139. The maximum atomic E-state index is 12.3. The van der Waals surface area contributed by atoms with E-state index in [0.717, 1.165) is 42.9 Å². The average molecular weight is 307 g/mol. The Hall–Kier alpha value is -1.55. The third-order valence-electron chi connectivity index (χ3n) is 3.40. The molecule has 0 aromatic heterocycles. The molecule has 1 aromatic carbocycles. The average Bonchev–Trinajstić information content (AvgIpc) is 2.47. The third-order valence-corrected chi connectivity index (χ3v) is 3.40. The van der Waals surface area contributed by atoms with E-state index in [9.17, 15) is 4.79 Å². The highest BCUT2D eigenvalue weighted by Crippen LogP contribution is 2.23. The Morgan fingerprint density at radius 3 is 2.50 bits per heavy atom. The quantitative estimate of drug-likeness (QED) is 0.691. The molecule has 1 aromatic rings. The molecule has 0 spiro atoms. The van der Waals surface area contributed by atoms with Gasteiger partial charge in [-0.1, -0.05) is 20.3 Å². The molecule has 1 N–H and O–H groups in total. The summed E-state index contributed by atoms with van der Waals surface area (Å²) in [7, 11) is 0. The number of hydrogen-bond donors (Lipinski definition) is 1. The van der Waals surface area contributed by atoms with Crippen LogP contribution in [0.2, 0.25) is 0 Å². The summed E-state index contributed by atoms with van der Waals surface area (Å²) in [6, 6.07) is 5.69. The molecule has 0 aliphatic heterocycles. The summed E-state index contributed by atoms with van der Waals surface area (Å²) >= 11 is 0. The van der Waals surface area contributed by atoms with Crippen LogP contribution in [0.15, 0.2) is 18.2 Å². The molecule has 0 radical (unpaired) electrons. The Bertz CT molecular complexity index is 483. The van der Waals surface area contributed by atoms with Crippen molar-refractivity contribution in [2.45, 2.75) is 59.5 Å². The van der Waals surface area contributed by atoms with Crippen molar-refractivity contribution in [3.63, 3.8) is 0 Å². The molecule has 0 saturated heterocycles. The van der Waals surface area contributed by atoms with Crippen molar-refractivity contribution in [3.8, 4) is 5.75 Å². The van der Waals surface area contributed by atoms with E-state index in [0.29, 0.717) is 6.61 Å². The van der Waals surface area contributed by atoms with Gasteiger partial charge in [0.1, 0.15) is 11.4 Å². The second-order valence-corrected chi connectivity index (χ2v) is 6.00. The number of unbranched alkanes of at least 4 members (excludes halogenated alkanes) is 1. The van der Waals surface area contributed by atoms with Crippen LogP contribution in [0, 0.1) is 6.92 Å². The molecular formula is C18H29NO3. The third kappa shape index (κ3) is 5.68. The SMILES string of the molecule is CCCCOc1ccc(NC(=O)C(C)(C)OCCC)cc1C. The molecule has 0 bridgehead atoms. The topological polar surface area (TPSA) is 47.6 Å². The first-order valence-corrected chi connectivity index (χ1v) is 8.09. The number of ether oxygens (including phenoxy) is 2. The summed E-state index contributed by atoms with van der Waals surface area (Å²) < 4.78 is 11.3. The fraction of sp³-hybridized carbons (Fsp3) is 0.611. The number of carbonyl (C=O) groups excluding carboxylic acids is 1. The molecule has 1 amide bonds. The first kappa shape index (κ1) is 18.5. The summed E-state index contributed by atoms with van der Waals surface area (Å²) in [5.74, 6) is 0.730. The first-order chi connectivity index (χ1) is 10.4. The summed E-state index contributed by atoms with van der Waals surface area (Å²) in [4.78, 5) is 12.3. The van der Waals surface area contributed by atoms with Gasteiger partial charge in [-0.25, -0.2) is 0 Å². The summed E-state index contributed by atoms with van der Waals surface area (Å²) in [5.41, 5.74) is 0.944. The largest absolute Gasteiger partial charge is 0.493 e. The van der Waals surface area contributed by atoms with Crippen LogP contribution >= 0.6 is 0 Å². The molecule has 1 rings (SSSR count). The van der Waals surface area contributed by atoms with Crippen molar-refractivity contribution < 1.29 is 14.3 Å². The normalized spacial score (nSPS) is 11.3. The van der Waals surface area contributed by atoms with Crippen LogP contribution < -0.4 is 10.1 Å².